The first-order chi connectivity index (χ1) is 12.0. The molecule has 0 spiro atoms. The highest BCUT2D eigenvalue weighted by molar-refractivity contribution is 7.13. The molecule has 2 aromatic heterocycles. The van der Waals surface area contributed by atoms with Gasteiger partial charge < -0.3 is 15.2 Å². The highest BCUT2D eigenvalue weighted by Gasteiger charge is 2.26. The summed E-state index contributed by atoms with van der Waals surface area (Å²) in [6.07, 6.45) is 4.43. The Kier molecular flexibility index (Phi) is 5.03. The van der Waals surface area contributed by atoms with Gasteiger partial charge in [-0.05, 0) is 38.8 Å². The lowest BCUT2D eigenvalue weighted by Crippen LogP contribution is -2.47. The molecule has 0 aliphatic carbocycles. The van der Waals surface area contributed by atoms with Gasteiger partial charge in [-0.3, -0.25) is 14.4 Å². The summed E-state index contributed by atoms with van der Waals surface area (Å²) < 4.78 is 0. The van der Waals surface area contributed by atoms with Crippen LogP contribution in [0.25, 0.3) is 0 Å². The summed E-state index contributed by atoms with van der Waals surface area (Å²) in [5.41, 5.74) is 0.475. The third kappa shape index (κ3) is 3.82. The van der Waals surface area contributed by atoms with E-state index in [2.05, 4.69) is 10.3 Å². The van der Waals surface area contributed by atoms with E-state index in [4.69, 9.17) is 0 Å². The molecule has 132 valence electrons. The number of thiophene rings is 1. The summed E-state index contributed by atoms with van der Waals surface area (Å²) in [4.78, 5) is 43.2. The minimum Gasteiger partial charge on any atom is -0.366 e. The van der Waals surface area contributed by atoms with E-state index in [0.717, 1.165) is 4.88 Å². The van der Waals surface area contributed by atoms with E-state index >= 15 is 0 Å². The molecule has 0 radical (unpaired) electrons. The molecule has 1 saturated heterocycles. The van der Waals surface area contributed by atoms with Gasteiger partial charge in [-0.1, -0.05) is 0 Å². The van der Waals surface area contributed by atoms with Gasteiger partial charge in [0.05, 0.1) is 4.88 Å². The van der Waals surface area contributed by atoms with Crippen molar-refractivity contribution >= 4 is 23.2 Å². The van der Waals surface area contributed by atoms with Crippen LogP contribution in [-0.2, 0) is 0 Å². The lowest BCUT2D eigenvalue weighted by molar-refractivity contribution is 0.0696. The lowest BCUT2D eigenvalue weighted by atomic mass is 10.0. The van der Waals surface area contributed by atoms with Crippen molar-refractivity contribution in [2.75, 3.05) is 13.1 Å². The van der Waals surface area contributed by atoms with Crippen molar-refractivity contribution in [1.82, 2.24) is 15.2 Å². The number of amides is 2. The van der Waals surface area contributed by atoms with E-state index in [1.807, 2.05) is 19.1 Å². The maximum Gasteiger partial charge on any atom is 0.261 e. The van der Waals surface area contributed by atoms with E-state index in [-0.39, 0.29) is 28.8 Å². The molecule has 0 bridgehead atoms. The molecule has 6 nitrogen and oxygen atoms in total. The number of piperidine rings is 1. The van der Waals surface area contributed by atoms with Crippen molar-refractivity contribution in [2.45, 2.75) is 32.7 Å². The number of hydrogen-bond donors (Lipinski definition) is 2. The number of rotatable bonds is 3. The zero-order chi connectivity index (χ0) is 18.0. The number of aromatic nitrogens is 1. The Morgan fingerprint density at radius 1 is 1.20 bits per heavy atom. The first-order valence-electron chi connectivity index (χ1n) is 8.30. The minimum atomic E-state index is -0.247. The maximum absolute atomic E-state index is 12.5. The van der Waals surface area contributed by atoms with Gasteiger partial charge in [-0.2, -0.15) is 0 Å². The first kappa shape index (κ1) is 17.4. The number of likely N-dealkylation sites (tertiary alicyclic amines) is 1. The van der Waals surface area contributed by atoms with Gasteiger partial charge in [0.25, 0.3) is 11.8 Å². The van der Waals surface area contributed by atoms with Gasteiger partial charge in [-0.25, -0.2) is 0 Å². The van der Waals surface area contributed by atoms with Gasteiger partial charge in [0, 0.05) is 42.0 Å². The largest absolute Gasteiger partial charge is 0.366 e. The van der Waals surface area contributed by atoms with Crippen molar-refractivity contribution in [1.29, 1.82) is 0 Å². The number of aromatic amines is 1. The fourth-order valence-corrected chi connectivity index (χ4v) is 3.73. The molecule has 0 atom stereocenters. The molecule has 1 aliphatic heterocycles. The van der Waals surface area contributed by atoms with Gasteiger partial charge in [0.2, 0.25) is 0 Å². The molecule has 2 amide bonds. The zero-order valence-corrected chi connectivity index (χ0v) is 15.1. The van der Waals surface area contributed by atoms with E-state index in [0.29, 0.717) is 36.4 Å². The van der Waals surface area contributed by atoms with Crippen LogP contribution in [0.4, 0.5) is 0 Å². The van der Waals surface area contributed by atoms with E-state index in [1.54, 1.807) is 18.0 Å². The Bertz CT molecular complexity index is 847. The summed E-state index contributed by atoms with van der Waals surface area (Å²) in [5, 5.41) is 3.03. The quantitative estimate of drug-likeness (QED) is 0.880. The second-order valence-electron chi connectivity index (χ2n) is 6.33. The number of nitrogens with zero attached hydrogens (tertiary/aromatic N) is 1. The topological polar surface area (TPSA) is 82.3 Å². The van der Waals surface area contributed by atoms with Crippen molar-refractivity contribution < 1.29 is 9.59 Å². The van der Waals surface area contributed by atoms with Crippen LogP contribution in [0.2, 0.25) is 0 Å². The summed E-state index contributed by atoms with van der Waals surface area (Å²) in [7, 11) is 0. The number of pyridine rings is 1. The van der Waals surface area contributed by atoms with Crippen LogP contribution in [0, 0.1) is 13.8 Å². The Labute approximate surface area is 149 Å². The summed E-state index contributed by atoms with van der Waals surface area (Å²) in [6, 6.07) is 3.81. The van der Waals surface area contributed by atoms with Gasteiger partial charge in [0.15, 0.2) is 5.43 Å². The monoisotopic (exact) mass is 359 g/mol. The first-order valence-corrected chi connectivity index (χ1v) is 9.11. The summed E-state index contributed by atoms with van der Waals surface area (Å²) in [5.74, 6) is -0.304. The van der Waals surface area contributed by atoms with E-state index < -0.39 is 0 Å². The number of hydrogen-bond acceptors (Lipinski definition) is 4. The Morgan fingerprint density at radius 2 is 1.92 bits per heavy atom. The van der Waals surface area contributed by atoms with Crippen LogP contribution in [0.1, 0.15) is 43.3 Å². The second kappa shape index (κ2) is 7.23. The fourth-order valence-electron chi connectivity index (χ4n) is 2.96. The predicted octanol–water partition coefficient (Wildman–Crippen LogP) is 2.09. The normalized spacial score (nSPS) is 15.2. The van der Waals surface area contributed by atoms with Crippen molar-refractivity contribution in [3.8, 4) is 0 Å². The molecule has 2 aromatic rings. The Hall–Kier alpha value is -2.41. The highest BCUT2D eigenvalue weighted by atomic mass is 32.1. The van der Waals surface area contributed by atoms with Crippen LogP contribution in [0.3, 0.4) is 0 Å². The molecule has 3 rings (SSSR count). The summed E-state index contributed by atoms with van der Waals surface area (Å²) in [6.45, 7) is 4.71. The number of carbonyl (C=O) groups is 2. The molecular weight excluding hydrogens is 338 g/mol. The Balaban J connectivity index is 1.58. The molecule has 2 N–H and O–H groups in total. The minimum absolute atomic E-state index is 0.0507. The molecule has 1 fully saturated rings. The molecule has 25 heavy (non-hydrogen) atoms. The van der Waals surface area contributed by atoms with E-state index in [9.17, 15) is 14.4 Å². The maximum atomic E-state index is 12.5. The van der Waals surface area contributed by atoms with Gasteiger partial charge in [0.1, 0.15) is 5.56 Å². The average molecular weight is 359 g/mol. The van der Waals surface area contributed by atoms with Crippen LogP contribution >= 0.6 is 11.3 Å². The highest BCUT2D eigenvalue weighted by Crippen LogP contribution is 2.17. The van der Waals surface area contributed by atoms with Crippen LogP contribution < -0.4 is 10.7 Å². The van der Waals surface area contributed by atoms with E-state index in [1.165, 1.54) is 17.5 Å². The molecule has 3 heterocycles. The molecule has 7 heteroatoms. The van der Waals surface area contributed by atoms with Crippen LogP contribution in [0.5, 0.6) is 0 Å². The lowest BCUT2D eigenvalue weighted by Gasteiger charge is -2.32. The SMILES string of the molecule is Cc1ccc(C(=O)NC2CCN(C(=O)c3c[nH]cc(C)c3=O)CC2)s1. The number of aryl methyl sites for hydroxylation is 2. The van der Waals surface area contributed by atoms with Crippen molar-refractivity contribution in [2.24, 2.45) is 0 Å². The average Bonchev–Trinajstić information content (AvgIpc) is 3.04. The number of carbonyl (C=O) groups excluding carboxylic acids is 2. The summed E-state index contributed by atoms with van der Waals surface area (Å²) >= 11 is 1.48. The third-order valence-corrected chi connectivity index (χ3v) is 5.44. The van der Waals surface area contributed by atoms with Crippen molar-refractivity contribution in [3.63, 3.8) is 0 Å². The standard InChI is InChI=1S/C18H21N3O3S/c1-11-9-19-10-14(16(11)22)18(24)21-7-5-13(6-8-21)20-17(23)15-4-3-12(2)25-15/h3-4,9-10,13H,5-8H2,1-2H3,(H,19,22)(H,20,23). The number of nitrogens with one attached hydrogen (secondary N) is 2. The van der Waals surface area contributed by atoms with Gasteiger partial charge in [-0.15, -0.1) is 11.3 Å². The Morgan fingerprint density at radius 3 is 2.56 bits per heavy atom. The van der Waals surface area contributed by atoms with Crippen LogP contribution in [0.15, 0.2) is 29.3 Å². The number of H-pyrrole nitrogens is 1. The molecule has 0 aromatic carbocycles. The second-order valence-corrected chi connectivity index (χ2v) is 7.62. The molecule has 0 saturated carbocycles. The smallest absolute Gasteiger partial charge is 0.261 e. The molecule has 0 unspecified atom stereocenters. The van der Waals surface area contributed by atoms with Gasteiger partial charge >= 0.3 is 0 Å². The van der Waals surface area contributed by atoms with Crippen molar-refractivity contribution in [3.05, 3.63) is 55.6 Å². The molecular formula is C18H21N3O3S. The predicted molar refractivity (Wildman–Crippen MR) is 97.2 cm³/mol. The van der Waals surface area contributed by atoms with Crippen LogP contribution in [-0.4, -0.2) is 40.8 Å². The molecule has 1 aliphatic rings. The zero-order valence-electron chi connectivity index (χ0n) is 14.3. The fraction of sp³-hybridized carbons (Fsp3) is 0.389. The third-order valence-electron chi connectivity index (χ3n) is 4.44.